The van der Waals surface area contributed by atoms with E-state index in [0.717, 1.165) is 16.0 Å². The Morgan fingerprint density at radius 2 is 1.80 bits per heavy atom. The molecule has 4 aromatic rings. The van der Waals surface area contributed by atoms with Crippen LogP contribution in [0.15, 0.2) is 71.8 Å². The smallest absolute Gasteiger partial charge is 0.263 e. The summed E-state index contributed by atoms with van der Waals surface area (Å²) in [5, 5.41) is 9.67. The van der Waals surface area contributed by atoms with E-state index in [1.54, 1.807) is 24.3 Å². The second-order valence-electron chi connectivity index (χ2n) is 6.73. The van der Waals surface area contributed by atoms with Gasteiger partial charge in [0.2, 0.25) is 5.91 Å². The summed E-state index contributed by atoms with van der Waals surface area (Å²) < 4.78 is 1.32. The second-order valence-corrected chi connectivity index (χ2v) is 7.93. The van der Waals surface area contributed by atoms with Gasteiger partial charge in [-0.1, -0.05) is 48.5 Å². The molecule has 0 atom stereocenters. The third-order valence-electron chi connectivity index (χ3n) is 4.82. The van der Waals surface area contributed by atoms with Gasteiger partial charge < -0.3 is 0 Å². The Morgan fingerprint density at radius 1 is 1.13 bits per heavy atom. The van der Waals surface area contributed by atoms with Crippen LogP contribution in [0.1, 0.15) is 4.88 Å². The molecule has 0 saturated carbocycles. The van der Waals surface area contributed by atoms with Crippen LogP contribution in [0.25, 0.3) is 21.3 Å². The Morgan fingerprint density at radius 3 is 2.47 bits per heavy atom. The molecule has 2 aromatic carbocycles. The maximum absolute atomic E-state index is 13.3. The fraction of sp³-hybridized carbons (Fsp3) is 0.130. The molecule has 0 radical (unpaired) electrons. The Balaban J connectivity index is 1.75. The van der Waals surface area contributed by atoms with E-state index in [9.17, 15) is 9.59 Å². The maximum Gasteiger partial charge on any atom is 0.263 e. The van der Waals surface area contributed by atoms with Crippen molar-refractivity contribution in [3.8, 4) is 17.2 Å². The zero-order chi connectivity index (χ0) is 21.1. The predicted molar refractivity (Wildman–Crippen MR) is 118 cm³/mol. The third-order valence-corrected chi connectivity index (χ3v) is 5.83. The molecule has 30 heavy (non-hydrogen) atoms. The van der Waals surface area contributed by atoms with E-state index in [0.29, 0.717) is 15.9 Å². The summed E-state index contributed by atoms with van der Waals surface area (Å²) in [6.07, 6.45) is 1.41. The predicted octanol–water partition coefficient (Wildman–Crippen LogP) is 3.99. The van der Waals surface area contributed by atoms with Gasteiger partial charge >= 0.3 is 0 Å². The number of hydrogen-bond donors (Lipinski definition) is 0. The number of thiophene rings is 1. The first-order valence-electron chi connectivity index (χ1n) is 9.36. The maximum atomic E-state index is 13.3. The number of carbonyl (C=O) groups excluding carboxylic acids is 1. The Bertz CT molecular complexity index is 1300. The molecule has 6 nitrogen and oxygen atoms in total. The van der Waals surface area contributed by atoms with Crippen LogP contribution in [-0.4, -0.2) is 22.0 Å². The lowest BCUT2D eigenvalue weighted by molar-refractivity contribution is -0.119. The fourth-order valence-corrected chi connectivity index (χ4v) is 4.44. The van der Waals surface area contributed by atoms with Crippen molar-refractivity contribution in [2.24, 2.45) is 0 Å². The van der Waals surface area contributed by atoms with E-state index >= 15 is 0 Å². The lowest BCUT2D eigenvalue weighted by atomic mass is 10.0. The number of anilines is 1. The number of aromatic nitrogens is 2. The van der Waals surface area contributed by atoms with Crippen LogP contribution in [0.5, 0.6) is 0 Å². The molecular formula is C23H18N4O2S. The highest BCUT2D eigenvalue weighted by Gasteiger charge is 2.20. The Labute approximate surface area is 177 Å². The van der Waals surface area contributed by atoms with Gasteiger partial charge in [0.05, 0.1) is 17.8 Å². The summed E-state index contributed by atoms with van der Waals surface area (Å²) in [4.78, 5) is 33.7. The van der Waals surface area contributed by atoms with Gasteiger partial charge in [-0.25, -0.2) is 4.98 Å². The molecule has 1 amide bonds. The largest absolute Gasteiger partial charge is 0.297 e. The molecule has 4 rings (SSSR count). The van der Waals surface area contributed by atoms with E-state index in [4.69, 9.17) is 5.26 Å². The van der Waals surface area contributed by atoms with Crippen molar-refractivity contribution < 1.29 is 4.79 Å². The van der Waals surface area contributed by atoms with Gasteiger partial charge in [-0.3, -0.25) is 19.1 Å². The van der Waals surface area contributed by atoms with Crippen molar-refractivity contribution in [2.45, 2.75) is 13.5 Å². The number of nitrogens with zero attached hydrogens (tertiary/aromatic N) is 4. The summed E-state index contributed by atoms with van der Waals surface area (Å²) in [6, 6.07) is 20.7. The molecule has 2 heterocycles. The number of benzene rings is 2. The van der Waals surface area contributed by atoms with Gasteiger partial charge in [-0.2, -0.15) is 5.26 Å². The number of carbonyl (C=O) groups is 1. The normalized spacial score (nSPS) is 10.7. The minimum atomic E-state index is -0.348. The number of aryl methyl sites for hydroxylation is 1. The average Bonchev–Trinajstić information content (AvgIpc) is 3.12. The number of rotatable bonds is 5. The van der Waals surface area contributed by atoms with E-state index < -0.39 is 0 Å². The van der Waals surface area contributed by atoms with E-state index in [2.05, 4.69) is 4.98 Å². The van der Waals surface area contributed by atoms with Gasteiger partial charge in [-0.05, 0) is 24.6 Å². The van der Waals surface area contributed by atoms with Gasteiger partial charge in [0.25, 0.3) is 5.56 Å². The molecule has 2 aromatic heterocycles. The summed E-state index contributed by atoms with van der Waals surface area (Å²) in [7, 11) is 0. The first-order chi connectivity index (χ1) is 14.6. The summed E-state index contributed by atoms with van der Waals surface area (Å²) in [6.45, 7) is 1.68. The standard InChI is InChI=1S/C23H18N4O2S/c1-16-20(17-8-4-2-5-9-17)21-22(30-16)25-15-26(23(21)29)14-19(28)27(13-12-24)18-10-6-3-7-11-18/h2-11,15H,13-14H2,1H3. The lowest BCUT2D eigenvalue weighted by Crippen LogP contribution is -2.37. The van der Waals surface area contributed by atoms with Crippen molar-refractivity contribution >= 4 is 33.1 Å². The minimum absolute atomic E-state index is 0.0971. The summed E-state index contributed by atoms with van der Waals surface area (Å²) >= 11 is 1.46. The number of para-hydroxylation sites is 1. The molecule has 0 N–H and O–H groups in total. The van der Waals surface area contributed by atoms with Crippen LogP contribution >= 0.6 is 11.3 Å². The van der Waals surface area contributed by atoms with E-state index in [-0.39, 0.29) is 24.6 Å². The van der Waals surface area contributed by atoms with Crippen molar-refractivity contribution in [2.75, 3.05) is 11.4 Å². The van der Waals surface area contributed by atoms with Gasteiger partial charge in [0.15, 0.2) is 0 Å². The zero-order valence-corrected chi connectivity index (χ0v) is 17.1. The SMILES string of the molecule is Cc1sc2ncn(CC(=O)N(CC#N)c3ccccc3)c(=O)c2c1-c1ccccc1. The molecule has 148 valence electrons. The molecule has 7 heteroatoms. The molecule has 0 aliphatic rings. The molecule has 0 saturated heterocycles. The van der Waals surface area contributed by atoms with Crippen molar-refractivity contribution in [1.29, 1.82) is 5.26 Å². The van der Waals surface area contributed by atoms with Crippen LogP contribution in [0, 0.1) is 18.3 Å². The van der Waals surface area contributed by atoms with Gasteiger partial charge in [-0.15, -0.1) is 11.3 Å². The van der Waals surface area contributed by atoms with E-state index in [1.807, 2.05) is 49.4 Å². The average molecular weight is 414 g/mol. The van der Waals surface area contributed by atoms with Crippen LogP contribution in [0.3, 0.4) is 0 Å². The van der Waals surface area contributed by atoms with Crippen LogP contribution in [0.4, 0.5) is 5.69 Å². The van der Waals surface area contributed by atoms with Crippen LogP contribution < -0.4 is 10.5 Å². The highest BCUT2D eigenvalue weighted by atomic mass is 32.1. The molecular weight excluding hydrogens is 396 g/mol. The fourth-order valence-electron chi connectivity index (χ4n) is 3.44. The lowest BCUT2D eigenvalue weighted by Gasteiger charge is -2.20. The topological polar surface area (TPSA) is 79.0 Å². The van der Waals surface area contributed by atoms with Crippen LogP contribution in [-0.2, 0) is 11.3 Å². The molecule has 0 unspecified atom stereocenters. The monoisotopic (exact) mass is 414 g/mol. The van der Waals surface area contributed by atoms with E-state index in [1.165, 1.54) is 27.1 Å². The molecule has 0 spiro atoms. The first kappa shape index (κ1) is 19.6. The summed E-state index contributed by atoms with van der Waals surface area (Å²) in [5.74, 6) is -0.348. The Kier molecular flexibility index (Phi) is 5.42. The third kappa shape index (κ3) is 3.61. The zero-order valence-electron chi connectivity index (χ0n) is 16.3. The van der Waals surface area contributed by atoms with Gasteiger partial charge in [0.1, 0.15) is 17.9 Å². The van der Waals surface area contributed by atoms with Gasteiger partial charge in [0, 0.05) is 16.1 Å². The Hall–Kier alpha value is -3.76. The highest BCUT2D eigenvalue weighted by molar-refractivity contribution is 7.19. The van der Waals surface area contributed by atoms with Crippen molar-refractivity contribution in [3.63, 3.8) is 0 Å². The van der Waals surface area contributed by atoms with Crippen molar-refractivity contribution in [3.05, 3.63) is 82.2 Å². The molecule has 0 fully saturated rings. The summed E-state index contributed by atoms with van der Waals surface area (Å²) in [5.41, 5.74) is 2.15. The second kappa shape index (κ2) is 8.31. The molecule has 0 bridgehead atoms. The van der Waals surface area contributed by atoms with Crippen molar-refractivity contribution in [1.82, 2.24) is 9.55 Å². The molecule has 0 aliphatic heterocycles. The highest BCUT2D eigenvalue weighted by Crippen LogP contribution is 2.35. The van der Waals surface area contributed by atoms with Crippen LogP contribution in [0.2, 0.25) is 0 Å². The number of hydrogen-bond acceptors (Lipinski definition) is 5. The quantitative estimate of drug-likeness (QED) is 0.463. The molecule has 0 aliphatic carbocycles. The first-order valence-corrected chi connectivity index (χ1v) is 10.2. The number of fused-ring (bicyclic) bond motifs is 1. The number of amides is 1. The minimum Gasteiger partial charge on any atom is -0.297 e. The number of nitriles is 1.